The molecule has 2 aliphatic heterocycles. The van der Waals surface area contributed by atoms with E-state index in [0.717, 1.165) is 64.7 Å². The molecule has 2 aliphatic rings. The second-order valence-corrected chi connectivity index (χ2v) is 8.46. The molecule has 2 saturated heterocycles. The molecule has 6 heteroatoms. The van der Waals surface area contributed by atoms with Crippen molar-refractivity contribution in [3.8, 4) is 0 Å². The third kappa shape index (κ3) is 5.34. The minimum absolute atomic E-state index is 0.318. The number of nitrogens with zero attached hydrogens (tertiary/aromatic N) is 2. The summed E-state index contributed by atoms with van der Waals surface area (Å²) in [6.07, 6.45) is 1.96. The van der Waals surface area contributed by atoms with Crippen molar-refractivity contribution in [1.29, 1.82) is 0 Å². The molecule has 154 valence electrons. The summed E-state index contributed by atoms with van der Waals surface area (Å²) in [5.41, 5.74) is 2.76. The average molecular weight is 397 g/mol. The first-order valence-corrected chi connectivity index (χ1v) is 10.9. The molecule has 1 amide bonds. The van der Waals surface area contributed by atoms with Gasteiger partial charge in [0, 0.05) is 11.6 Å². The largest absolute Gasteiger partial charge is 0.330 e. The number of pyridine rings is 1. The fourth-order valence-corrected chi connectivity index (χ4v) is 4.52. The van der Waals surface area contributed by atoms with Crippen LogP contribution in [-0.2, 0) is 11.3 Å². The molecule has 3 N–H and O–H groups in total. The van der Waals surface area contributed by atoms with Gasteiger partial charge in [-0.3, -0.25) is 9.69 Å². The van der Waals surface area contributed by atoms with Crippen LogP contribution < -0.4 is 19.7 Å². The van der Waals surface area contributed by atoms with E-state index >= 15 is 0 Å². The second-order valence-electron chi connectivity index (χ2n) is 8.46. The zero-order valence-corrected chi connectivity index (χ0v) is 17.5. The molecule has 0 unspecified atom stereocenters. The van der Waals surface area contributed by atoms with E-state index in [1.807, 2.05) is 18.3 Å². The van der Waals surface area contributed by atoms with Crippen molar-refractivity contribution in [2.75, 3.05) is 63.8 Å². The minimum atomic E-state index is 0.318. The normalized spacial score (nSPS) is 22.5. The zero-order valence-electron chi connectivity index (χ0n) is 17.5. The number of aromatic amines is 1. The quantitative estimate of drug-likeness (QED) is 0.642. The van der Waals surface area contributed by atoms with Crippen molar-refractivity contribution in [3.05, 3.63) is 59.8 Å². The summed E-state index contributed by atoms with van der Waals surface area (Å²) in [5.74, 6) is 1.46. The Labute approximate surface area is 173 Å². The lowest BCUT2D eigenvalue weighted by molar-refractivity contribution is -1.02. The number of rotatable bonds is 5. The van der Waals surface area contributed by atoms with Gasteiger partial charge in [-0.25, -0.2) is 4.98 Å². The number of hydrogen-bond donors (Lipinski definition) is 2. The molecule has 0 aliphatic carbocycles. The molecule has 1 aromatic carbocycles. The first-order valence-electron chi connectivity index (χ1n) is 10.9. The van der Waals surface area contributed by atoms with Crippen LogP contribution in [-0.4, -0.2) is 69.7 Å². The number of quaternary nitrogens is 2. The van der Waals surface area contributed by atoms with Gasteiger partial charge in [-0.1, -0.05) is 35.9 Å². The van der Waals surface area contributed by atoms with Crippen molar-refractivity contribution in [2.24, 2.45) is 0 Å². The van der Waals surface area contributed by atoms with E-state index in [-0.39, 0.29) is 0 Å². The topological polar surface area (TPSA) is 46.6 Å². The minimum Gasteiger partial charge on any atom is -0.330 e. The van der Waals surface area contributed by atoms with Crippen LogP contribution in [0.5, 0.6) is 0 Å². The molecule has 0 bridgehead atoms. The van der Waals surface area contributed by atoms with Crippen molar-refractivity contribution >= 4 is 11.7 Å². The van der Waals surface area contributed by atoms with Gasteiger partial charge in [-0.05, 0) is 13.0 Å². The average Bonchev–Trinajstić information content (AvgIpc) is 2.76. The van der Waals surface area contributed by atoms with Crippen LogP contribution in [0, 0.1) is 6.92 Å². The van der Waals surface area contributed by atoms with E-state index in [1.165, 1.54) is 16.0 Å². The summed E-state index contributed by atoms with van der Waals surface area (Å²) in [5, 5.41) is 0. The number of aromatic nitrogens is 1. The van der Waals surface area contributed by atoms with Gasteiger partial charge < -0.3 is 14.7 Å². The Morgan fingerprint density at radius 3 is 2.41 bits per heavy atom. The molecule has 4 rings (SSSR count). The number of carbonyl (C=O) groups is 1. The van der Waals surface area contributed by atoms with Crippen LogP contribution in [0.2, 0.25) is 0 Å². The molecule has 1 aromatic heterocycles. The summed E-state index contributed by atoms with van der Waals surface area (Å²) < 4.78 is 0. The summed E-state index contributed by atoms with van der Waals surface area (Å²) in [7, 11) is 0. The monoisotopic (exact) mass is 396 g/mol. The number of benzene rings is 1. The van der Waals surface area contributed by atoms with E-state index in [2.05, 4.69) is 52.0 Å². The molecular formula is C23H34N5O+3. The van der Waals surface area contributed by atoms with Crippen LogP contribution in [0.3, 0.4) is 0 Å². The number of anilines is 1. The third-order valence-corrected chi connectivity index (χ3v) is 6.27. The lowest BCUT2D eigenvalue weighted by Gasteiger charge is -2.33. The van der Waals surface area contributed by atoms with Gasteiger partial charge in [0.2, 0.25) is 0 Å². The summed E-state index contributed by atoms with van der Waals surface area (Å²) in [6, 6.07) is 15.0. The van der Waals surface area contributed by atoms with Crippen molar-refractivity contribution in [2.45, 2.75) is 13.5 Å². The number of piperazine rings is 2. The first-order chi connectivity index (χ1) is 14.2. The van der Waals surface area contributed by atoms with Gasteiger partial charge >= 0.3 is 0 Å². The number of nitrogens with one attached hydrogen (secondary N) is 3. The number of aryl methyl sites for hydroxylation is 1. The van der Waals surface area contributed by atoms with Gasteiger partial charge in [-0.2, -0.15) is 0 Å². The SMILES string of the molecule is Cc1cccc(C[NH+]2CC[NH+](CC(=O)N3CCN(c4cccc[nH+]4)CC3)CC2)c1. The van der Waals surface area contributed by atoms with Gasteiger partial charge in [0.25, 0.3) is 11.7 Å². The highest BCUT2D eigenvalue weighted by Gasteiger charge is 2.30. The maximum absolute atomic E-state index is 12.8. The number of carbonyl (C=O) groups excluding carboxylic acids is 1. The highest BCUT2D eigenvalue weighted by atomic mass is 16.2. The molecule has 0 atom stereocenters. The maximum Gasteiger partial charge on any atom is 0.278 e. The Balaban J connectivity index is 1.19. The van der Waals surface area contributed by atoms with Crippen LogP contribution in [0.25, 0.3) is 0 Å². The smallest absolute Gasteiger partial charge is 0.278 e. The van der Waals surface area contributed by atoms with E-state index in [0.29, 0.717) is 12.5 Å². The van der Waals surface area contributed by atoms with E-state index in [9.17, 15) is 4.79 Å². The lowest BCUT2D eigenvalue weighted by atomic mass is 10.1. The maximum atomic E-state index is 12.8. The molecule has 2 aromatic rings. The molecule has 6 nitrogen and oxygen atoms in total. The predicted octanol–water partition coefficient (Wildman–Crippen LogP) is -1.56. The highest BCUT2D eigenvalue weighted by molar-refractivity contribution is 5.77. The van der Waals surface area contributed by atoms with Gasteiger partial charge in [0.15, 0.2) is 6.54 Å². The van der Waals surface area contributed by atoms with E-state index in [4.69, 9.17) is 0 Å². The summed E-state index contributed by atoms with van der Waals surface area (Å²) in [6.45, 7) is 11.8. The van der Waals surface area contributed by atoms with E-state index in [1.54, 1.807) is 4.90 Å². The standard InChI is InChI=1S/C23H31N5O/c1-20-5-4-6-21(17-20)18-25-9-11-26(12-10-25)19-23(29)28-15-13-27(14-16-28)22-7-2-3-8-24-22/h2-8,17H,9-16,18-19H2,1H3/p+3. The molecule has 3 heterocycles. The Morgan fingerprint density at radius 1 is 0.966 bits per heavy atom. The molecule has 0 saturated carbocycles. The van der Waals surface area contributed by atoms with Crippen LogP contribution in [0.1, 0.15) is 11.1 Å². The van der Waals surface area contributed by atoms with Crippen LogP contribution in [0.15, 0.2) is 48.7 Å². The highest BCUT2D eigenvalue weighted by Crippen LogP contribution is 2.09. The Hall–Kier alpha value is -2.44. The van der Waals surface area contributed by atoms with E-state index < -0.39 is 0 Å². The molecule has 2 fully saturated rings. The third-order valence-electron chi connectivity index (χ3n) is 6.27. The first kappa shape index (κ1) is 19.9. The van der Waals surface area contributed by atoms with Crippen molar-refractivity contribution in [1.82, 2.24) is 4.90 Å². The fourth-order valence-electron chi connectivity index (χ4n) is 4.52. The Morgan fingerprint density at radius 2 is 1.72 bits per heavy atom. The summed E-state index contributed by atoms with van der Waals surface area (Å²) >= 11 is 0. The van der Waals surface area contributed by atoms with Gasteiger partial charge in [-0.15, -0.1) is 0 Å². The Bertz CT molecular complexity index is 796. The van der Waals surface area contributed by atoms with Crippen molar-refractivity contribution in [3.63, 3.8) is 0 Å². The Kier molecular flexibility index (Phi) is 6.42. The number of H-pyrrole nitrogens is 1. The van der Waals surface area contributed by atoms with Crippen LogP contribution >= 0.6 is 0 Å². The molecule has 0 radical (unpaired) electrons. The zero-order chi connectivity index (χ0) is 20.1. The summed E-state index contributed by atoms with van der Waals surface area (Å²) in [4.78, 5) is 23.5. The molecular weight excluding hydrogens is 362 g/mol. The van der Waals surface area contributed by atoms with Crippen molar-refractivity contribution < 1.29 is 19.6 Å². The molecule has 0 spiro atoms. The second kappa shape index (κ2) is 9.37. The predicted molar refractivity (Wildman–Crippen MR) is 113 cm³/mol. The van der Waals surface area contributed by atoms with Crippen LogP contribution in [0.4, 0.5) is 5.82 Å². The number of hydrogen-bond acceptors (Lipinski definition) is 2. The van der Waals surface area contributed by atoms with Gasteiger partial charge in [0.1, 0.15) is 45.8 Å². The number of amides is 1. The lowest BCUT2D eigenvalue weighted by Crippen LogP contribution is -3.28. The van der Waals surface area contributed by atoms with Gasteiger partial charge in [0.05, 0.1) is 19.3 Å². The molecule has 29 heavy (non-hydrogen) atoms. The fraction of sp³-hybridized carbons (Fsp3) is 0.478.